The standard InChI is InChI=1S/C15H16Cl2FNS/c1-3-19-12(15-13(16)9(2)8-20-15)7-10-5-4-6-11(18)14(10)17/h4-6,8,12,19H,3,7H2,1-2H3. The van der Waals surface area contributed by atoms with E-state index in [1.807, 2.05) is 25.3 Å². The highest BCUT2D eigenvalue weighted by Crippen LogP contribution is 2.35. The second-order valence-electron chi connectivity index (χ2n) is 4.62. The zero-order chi connectivity index (χ0) is 14.7. The molecule has 0 aliphatic heterocycles. The van der Waals surface area contributed by atoms with Gasteiger partial charge in [0.25, 0.3) is 0 Å². The van der Waals surface area contributed by atoms with E-state index in [1.54, 1.807) is 17.4 Å². The van der Waals surface area contributed by atoms with Crippen LogP contribution in [0.1, 0.15) is 29.0 Å². The van der Waals surface area contributed by atoms with Gasteiger partial charge in [0.1, 0.15) is 5.82 Å². The van der Waals surface area contributed by atoms with Gasteiger partial charge in [0, 0.05) is 10.9 Å². The van der Waals surface area contributed by atoms with E-state index in [0.717, 1.165) is 27.6 Å². The Morgan fingerprint density at radius 1 is 1.30 bits per heavy atom. The Morgan fingerprint density at radius 2 is 2.05 bits per heavy atom. The lowest BCUT2D eigenvalue weighted by Crippen LogP contribution is -2.22. The van der Waals surface area contributed by atoms with Gasteiger partial charge >= 0.3 is 0 Å². The normalized spacial score (nSPS) is 12.7. The summed E-state index contributed by atoms with van der Waals surface area (Å²) in [5.41, 5.74) is 1.86. The quantitative estimate of drug-likeness (QED) is 0.773. The number of halogens is 3. The van der Waals surface area contributed by atoms with E-state index < -0.39 is 0 Å². The van der Waals surface area contributed by atoms with E-state index in [-0.39, 0.29) is 16.9 Å². The van der Waals surface area contributed by atoms with E-state index in [9.17, 15) is 4.39 Å². The zero-order valence-electron chi connectivity index (χ0n) is 11.3. The Bertz CT molecular complexity index is 598. The van der Waals surface area contributed by atoms with Gasteiger partial charge in [-0.2, -0.15) is 0 Å². The number of benzene rings is 1. The van der Waals surface area contributed by atoms with Gasteiger partial charge in [-0.25, -0.2) is 4.39 Å². The summed E-state index contributed by atoms with van der Waals surface area (Å²) in [5, 5.41) is 6.41. The van der Waals surface area contributed by atoms with Crippen LogP contribution in [0, 0.1) is 12.7 Å². The first-order chi connectivity index (χ1) is 9.54. The number of aryl methyl sites for hydroxylation is 1. The molecular formula is C15H16Cl2FNS. The molecule has 0 bridgehead atoms. The lowest BCUT2D eigenvalue weighted by atomic mass is 10.0. The maximum absolute atomic E-state index is 13.5. The van der Waals surface area contributed by atoms with Gasteiger partial charge < -0.3 is 5.32 Å². The topological polar surface area (TPSA) is 12.0 Å². The third kappa shape index (κ3) is 3.34. The van der Waals surface area contributed by atoms with Crippen LogP contribution in [0.25, 0.3) is 0 Å². The van der Waals surface area contributed by atoms with Crippen LogP contribution in [0.15, 0.2) is 23.6 Å². The summed E-state index contributed by atoms with van der Waals surface area (Å²) in [7, 11) is 0. The lowest BCUT2D eigenvalue weighted by Gasteiger charge is -2.18. The summed E-state index contributed by atoms with van der Waals surface area (Å²) in [6.07, 6.45) is 0.615. The molecular weight excluding hydrogens is 316 g/mol. The van der Waals surface area contributed by atoms with Crippen molar-refractivity contribution in [2.75, 3.05) is 6.54 Å². The van der Waals surface area contributed by atoms with Crippen molar-refractivity contribution >= 4 is 34.5 Å². The number of hydrogen-bond donors (Lipinski definition) is 1. The molecule has 1 unspecified atom stereocenters. The summed E-state index contributed by atoms with van der Waals surface area (Å²) in [5.74, 6) is -0.382. The maximum Gasteiger partial charge on any atom is 0.142 e. The smallest absolute Gasteiger partial charge is 0.142 e. The molecule has 1 N–H and O–H groups in total. The van der Waals surface area contributed by atoms with E-state index in [1.165, 1.54) is 6.07 Å². The van der Waals surface area contributed by atoms with E-state index in [2.05, 4.69) is 5.32 Å². The average Bonchev–Trinajstić information content (AvgIpc) is 2.75. The molecule has 0 saturated carbocycles. The summed E-state index contributed by atoms with van der Waals surface area (Å²) in [4.78, 5) is 1.08. The molecule has 0 spiro atoms. The minimum absolute atomic E-state index is 0.0468. The van der Waals surface area contributed by atoms with Gasteiger partial charge in [-0.05, 0) is 42.5 Å². The van der Waals surface area contributed by atoms with Crippen molar-refractivity contribution in [2.24, 2.45) is 0 Å². The predicted octanol–water partition coefficient (Wildman–Crippen LogP) is 5.40. The summed E-state index contributed by atoms with van der Waals surface area (Å²) in [6, 6.07) is 4.95. The first kappa shape index (κ1) is 15.8. The van der Waals surface area contributed by atoms with Crippen molar-refractivity contribution in [1.82, 2.24) is 5.32 Å². The Hall–Kier alpha value is -0.610. The third-order valence-electron chi connectivity index (χ3n) is 3.15. The van der Waals surface area contributed by atoms with Crippen LogP contribution in [-0.2, 0) is 6.42 Å². The van der Waals surface area contributed by atoms with Crippen LogP contribution >= 0.6 is 34.5 Å². The van der Waals surface area contributed by atoms with Crippen molar-refractivity contribution in [3.05, 3.63) is 55.4 Å². The van der Waals surface area contributed by atoms with Gasteiger partial charge in [0.2, 0.25) is 0 Å². The van der Waals surface area contributed by atoms with E-state index >= 15 is 0 Å². The molecule has 20 heavy (non-hydrogen) atoms. The van der Waals surface area contributed by atoms with Crippen LogP contribution in [-0.4, -0.2) is 6.54 Å². The second kappa shape index (κ2) is 6.90. The van der Waals surface area contributed by atoms with E-state index in [0.29, 0.717) is 6.42 Å². The van der Waals surface area contributed by atoms with Crippen molar-refractivity contribution in [2.45, 2.75) is 26.3 Å². The van der Waals surface area contributed by atoms with Gasteiger partial charge in [0.05, 0.1) is 10.0 Å². The van der Waals surface area contributed by atoms with Gasteiger partial charge in [-0.1, -0.05) is 42.3 Å². The Labute approximate surface area is 132 Å². The number of hydrogen-bond acceptors (Lipinski definition) is 2. The van der Waals surface area contributed by atoms with Gasteiger partial charge in [0.15, 0.2) is 0 Å². The molecule has 1 aromatic heterocycles. The van der Waals surface area contributed by atoms with Crippen LogP contribution in [0.4, 0.5) is 4.39 Å². The summed E-state index contributed by atoms with van der Waals surface area (Å²) >= 11 is 14.0. The Kier molecular flexibility index (Phi) is 5.44. The molecule has 0 fully saturated rings. The van der Waals surface area contributed by atoms with Crippen LogP contribution < -0.4 is 5.32 Å². The minimum atomic E-state index is -0.382. The molecule has 5 heteroatoms. The number of rotatable bonds is 5. The molecule has 0 aliphatic rings. The van der Waals surface area contributed by atoms with Gasteiger partial charge in [-0.3, -0.25) is 0 Å². The van der Waals surface area contributed by atoms with Crippen molar-refractivity contribution in [3.8, 4) is 0 Å². The lowest BCUT2D eigenvalue weighted by molar-refractivity contribution is 0.555. The van der Waals surface area contributed by atoms with Crippen LogP contribution in [0.3, 0.4) is 0 Å². The fraction of sp³-hybridized carbons (Fsp3) is 0.333. The molecule has 108 valence electrons. The zero-order valence-corrected chi connectivity index (χ0v) is 13.7. The summed E-state index contributed by atoms with van der Waals surface area (Å²) in [6.45, 7) is 4.83. The molecule has 0 aliphatic carbocycles. The third-order valence-corrected chi connectivity index (χ3v) is 5.40. The molecule has 1 heterocycles. The molecule has 1 nitrogen and oxygen atoms in total. The molecule has 0 radical (unpaired) electrons. The molecule has 2 rings (SSSR count). The monoisotopic (exact) mass is 331 g/mol. The van der Waals surface area contributed by atoms with Gasteiger partial charge in [-0.15, -0.1) is 11.3 Å². The maximum atomic E-state index is 13.5. The molecule has 0 saturated heterocycles. The highest BCUT2D eigenvalue weighted by molar-refractivity contribution is 7.10. The van der Waals surface area contributed by atoms with E-state index in [4.69, 9.17) is 23.2 Å². The molecule has 1 aromatic carbocycles. The Balaban J connectivity index is 2.30. The first-order valence-corrected chi connectivity index (χ1v) is 8.07. The summed E-state index contributed by atoms with van der Waals surface area (Å²) < 4.78 is 13.5. The average molecular weight is 332 g/mol. The number of likely N-dealkylation sites (N-methyl/N-ethyl adjacent to an activating group) is 1. The highest BCUT2D eigenvalue weighted by atomic mass is 35.5. The Morgan fingerprint density at radius 3 is 2.65 bits per heavy atom. The molecule has 1 atom stereocenters. The highest BCUT2D eigenvalue weighted by Gasteiger charge is 2.19. The van der Waals surface area contributed by atoms with Crippen molar-refractivity contribution in [1.29, 1.82) is 0 Å². The first-order valence-electron chi connectivity index (χ1n) is 6.44. The van der Waals surface area contributed by atoms with Crippen molar-refractivity contribution < 1.29 is 4.39 Å². The molecule has 2 aromatic rings. The van der Waals surface area contributed by atoms with Crippen LogP contribution in [0.5, 0.6) is 0 Å². The van der Waals surface area contributed by atoms with Crippen LogP contribution in [0.2, 0.25) is 10.0 Å². The number of thiophene rings is 1. The number of nitrogens with one attached hydrogen (secondary N) is 1. The fourth-order valence-electron chi connectivity index (χ4n) is 2.11. The second-order valence-corrected chi connectivity index (χ2v) is 6.29. The largest absolute Gasteiger partial charge is 0.309 e. The van der Waals surface area contributed by atoms with Crippen molar-refractivity contribution in [3.63, 3.8) is 0 Å². The predicted molar refractivity (Wildman–Crippen MR) is 85.6 cm³/mol. The molecule has 0 amide bonds. The SMILES string of the molecule is CCNC(Cc1cccc(F)c1Cl)c1scc(C)c1Cl. The fourth-order valence-corrected chi connectivity index (χ4v) is 3.72. The minimum Gasteiger partial charge on any atom is -0.309 e.